The first kappa shape index (κ1) is 13.5. The second kappa shape index (κ2) is 5.83. The molecule has 0 aliphatic carbocycles. The monoisotopic (exact) mass is 280 g/mol. The van der Waals surface area contributed by atoms with E-state index >= 15 is 0 Å². The lowest BCUT2D eigenvalue weighted by Crippen LogP contribution is -2.25. The fraction of sp³-hybridized carbons (Fsp3) is 0.500. The fourth-order valence-corrected chi connectivity index (χ4v) is 2.21. The van der Waals surface area contributed by atoms with Crippen molar-refractivity contribution in [2.45, 2.75) is 24.2 Å². The van der Waals surface area contributed by atoms with E-state index in [1.54, 1.807) is 10.9 Å². The minimum atomic E-state index is 0.210. The Morgan fingerprint density at radius 1 is 1.26 bits per heavy atom. The third kappa shape index (κ3) is 3.11. The highest BCUT2D eigenvalue weighted by molar-refractivity contribution is 7.99. The average Bonchev–Trinajstić information content (AvgIpc) is 2.76. The molecule has 9 heteroatoms. The van der Waals surface area contributed by atoms with Gasteiger partial charge in [-0.1, -0.05) is 0 Å². The first-order valence-corrected chi connectivity index (χ1v) is 6.74. The lowest BCUT2D eigenvalue weighted by molar-refractivity contribution is 0.769. The van der Waals surface area contributed by atoms with Gasteiger partial charge >= 0.3 is 0 Å². The molecule has 0 atom stereocenters. The smallest absolute Gasteiger partial charge is 0.231 e. The number of aryl methyl sites for hydroxylation is 1. The molecule has 102 valence electrons. The van der Waals surface area contributed by atoms with Gasteiger partial charge in [0.15, 0.2) is 5.16 Å². The van der Waals surface area contributed by atoms with Crippen molar-refractivity contribution in [3.05, 3.63) is 6.33 Å². The highest BCUT2D eigenvalue weighted by Gasteiger charge is 2.12. The first-order valence-electron chi connectivity index (χ1n) is 5.92. The van der Waals surface area contributed by atoms with Gasteiger partial charge < -0.3 is 15.2 Å². The molecule has 2 N–H and O–H groups in total. The van der Waals surface area contributed by atoms with E-state index in [4.69, 9.17) is 5.73 Å². The van der Waals surface area contributed by atoms with Crippen LogP contribution in [0.5, 0.6) is 0 Å². The van der Waals surface area contributed by atoms with Crippen molar-refractivity contribution in [2.75, 3.05) is 23.7 Å². The molecule has 0 aliphatic rings. The number of anilines is 2. The molecule has 2 rings (SSSR count). The summed E-state index contributed by atoms with van der Waals surface area (Å²) < 4.78 is 1.79. The van der Waals surface area contributed by atoms with E-state index in [2.05, 4.69) is 25.1 Å². The highest BCUT2D eigenvalue weighted by atomic mass is 32.2. The van der Waals surface area contributed by atoms with Crippen LogP contribution in [0.25, 0.3) is 0 Å². The predicted octanol–water partition coefficient (Wildman–Crippen LogP) is 0.580. The van der Waals surface area contributed by atoms with Crippen LogP contribution < -0.4 is 10.6 Å². The molecule has 0 bridgehead atoms. The molecule has 19 heavy (non-hydrogen) atoms. The van der Waals surface area contributed by atoms with Gasteiger partial charge in [-0.25, -0.2) is 0 Å². The average molecular weight is 280 g/mol. The van der Waals surface area contributed by atoms with Crippen molar-refractivity contribution in [2.24, 2.45) is 7.05 Å². The molecule has 2 heterocycles. The second-order valence-corrected chi connectivity index (χ2v) is 4.71. The van der Waals surface area contributed by atoms with Gasteiger partial charge in [-0.15, -0.1) is 10.2 Å². The van der Waals surface area contributed by atoms with Gasteiger partial charge in [0, 0.05) is 20.1 Å². The lowest BCUT2D eigenvalue weighted by Gasteiger charge is -2.18. The van der Waals surface area contributed by atoms with E-state index in [1.807, 2.05) is 25.8 Å². The molecule has 0 fully saturated rings. The summed E-state index contributed by atoms with van der Waals surface area (Å²) in [5.74, 6) is 0.795. The number of nitrogens with zero attached hydrogens (tertiary/aromatic N) is 7. The SMILES string of the molecule is CCN(CC)c1nc(N)nc(Sc2nncn2C)n1. The Morgan fingerprint density at radius 2 is 2.00 bits per heavy atom. The Balaban J connectivity index is 2.29. The van der Waals surface area contributed by atoms with E-state index in [0.29, 0.717) is 16.3 Å². The van der Waals surface area contributed by atoms with Crippen molar-refractivity contribution >= 4 is 23.7 Å². The molecule has 0 radical (unpaired) electrons. The third-order valence-electron chi connectivity index (χ3n) is 2.52. The minimum absolute atomic E-state index is 0.210. The minimum Gasteiger partial charge on any atom is -0.368 e. The Kier molecular flexibility index (Phi) is 4.15. The molecule has 2 aromatic rings. The maximum Gasteiger partial charge on any atom is 0.231 e. The molecule has 0 saturated heterocycles. The van der Waals surface area contributed by atoms with Crippen molar-refractivity contribution < 1.29 is 0 Å². The van der Waals surface area contributed by atoms with Gasteiger partial charge in [-0.2, -0.15) is 15.0 Å². The molecule has 0 aliphatic heterocycles. The molecule has 0 unspecified atom stereocenters. The van der Waals surface area contributed by atoms with E-state index in [-0.39, 0.29) is 5.95 Å². The molecule has 8 nitrogen and oxygen atoms in total. The topological polar surface area (TPSA) is 98.6 Å². The van der Waals surface area contributed by atoms with Crippen LogP contribution in [0.1, 0.15) is 13.8 Å². The zero-order chi connectivity index (χ0) is 13.8. The van der Waals surface area contributed by atoms with E-state index < -0.39 is 0 Å². The summed E-state index contributed by atoms with van der Waals surface area (Å²) in [5.41, 5.74) is 5.73. The van der Waals surface area contributed by atoms with Crippen molar-refractivity contribution in [3.8, 4) is 0 Å². The van der Waals surface area contributed by atoms with Crippen molar-refractivity contribution in [1.82, 2.24) is 29.7 Å². The van der Waals surface area contributed by atoms with E-state index in [0.717, 1.165) is 13.1 Å². The number of hydrogen-bond donors (Lipinski definition) is 1. The Bertz CT molecular complexity index is 550. The van der Waals surface area contributed by atoms with Crippen LogP contribution in [0.4, 0.5) is 11.9 Å². The molecule has 0 aromatic carbocycles. The first-order chi connectivity index (χ1) is 9.13. The van der Waals surface area contributed by atoms with Gasteiger partial charge in [-0.3, -0.25) is 0 Å². The molecular formula is C10H16N8S. The Morgan fingerprint density at radius 3 is 2.58 bits per heavy atom. The van der Waals surface area contributed by atoms with Crippen LogP contribution in [-0.2, 0) is 7.05 Å². The van der Waals surface area contributed by atoms with Gasteiger partial charge in [-0.05, 0) is 25.6 Å². The van der Waals surface area contributed by atoms with E-state index in [9.17, 15) is 0 Å². The van der Waals surface area contributed by atoms with Gasteiger partial charge in [0.1, 0.15) is 6.33 Å². The van der Waals surface area contributed by atoms with Crippen LogP contribution in [0.3, 0.4) is 0 Å². The molecule has 0 saturated carbocycles. The quantitative estimate of drug-likeness (QED) is 0.849. The summed E-state index contributed by atoms with van der Waals surface area (Å²) in [6.45, 7) is 5.71. The summed E-state index contributed by atoms with van der Waals surface area (Å²) >= 11 is 1.31. The standard InChI is InChI=1S/C10H16N8S/c1-4-18(5-2)8-13-7(11)14-9(15-8)19-10-16-12-6-17(10)3/h6H,4-5H2,1-3H3,(H2,11,13,14,15). The van der Waals surface area contributed by atoms with Gasteiger partial charge in [0.25, 0.3) is 0 Å². The van der Waals surface area contributed by atoms with Crippen molar-refractivity contribution in [3.63, 3.8) is 0 Å². The number of rotatable bonds is 5. The summed E-state index contributed by atoms with van der Waals surface area (Å²) in [4.78, 5) is 14.7. The maximum absolute atomic E-state index is 5.73. The highest BCUT2D eigenvalue weighted by Crippen LogP contribution is 2.23. The zero-order valence-electron chi connectivity index (χ0n) is 11.1. The predicted molar refractivity (Wildman–Crippen MR) is 72.9 cm³/mol. The number of nitrogens with two attached hydrogens (primary N) is 1. The summed E-state index contributed by atoms with van der Waals surface area (Å²) in [7, 11) is 1.86. The van der Waals surface area contributed by atoms with Crippen LogP contribution in [0.2, 0.25) is 0 Å². The third-order valence-corrected chi connectivity index (χ3v) is 3.44. The van der Waals surface area contributed by atoms with Crippen LogP contribution in [0.15, 0.2) is 16.6 Å². The maximum atomic E-state index is 5.73. The number of aromatic nitrogens is 6. The van der Waals surface area contributed by atoms with E-state index in [1.165, 1.54) is 11.8 Å². The Labute approximate surface area is 115 Å². The fourth-order valence-electron chi connectivity index (χ4n) is 1.50. The van der Waals surface area contributed by atoms with Crippen LogP contribution in [-0.4, -0.2) is 42.8 Å². The van der Waals surface area contributed by atoms with Crippen LogP contribution in [0, 0.1) is 0 Å². The summed E-state index contributed by atoms with van der Waals surface area (Å²) in [6, 6.07) is 0. The number of nitrogen functional groups attached to an aromatic ring is 1. The molecule has 2 aromatic heterocycles. The van der Waals surface area contributed by atoms with Gasteiger partial charge in [0.2, 0.25) is 17.1 Å². The molecule has 0 amide bonds. The van der Waals surface area contributed by atoms with Gasteiger partial charge in [0.05, 0.1) is 0 Å². The zero-order valence-corrected chi connectivity index (χ0v) is 11.9. The summed E-state index contributed by atoms with van der Waals surface area (Å²) in [5, 5.41) is 9.01. The van der Waals surface area contributed by atoms with Crippen molar-refractivity contribution in [1.29, 1.82) is 0 Å². The lowest BCUT2D eigenvalue weighted by atomic mass is 10.5. The molecular weight excluding hydrogens is 264 g/mol. The second-order valence-electron chi connectivity index (χ2n) is 3.77. The molecule has 0 spiro atoms. The number of hydrogen-bond acceptors (Lipinski definition) is 8. The van der Waals surface area contributed by atoms with Crippen LogP contribution >= 0.6 is 11.8 Å². The summed E-state index contributed by atoms with van der Waals surface area (Å²) in [6.07, 6.45) is 1.62. The normalized spacial score (nSPS) is 10.7. The Hall–Kier alpha value is -1.90. The largest absolute Gasteiger partial charge is 0.368 e.